The van der Waals surface area contributed by atoms with E-state index < -0.39 is 0 Å². The lowest BCUT2D eigenvalue weighted by atomic mass is 10.1. The van der Waals surface area contributed by atoms with Crippen LogP contribution in [0.25, 0.3) is 0 Å². The van der Waals surface area contributed by atoms with Crippen molar-refractivity contribution in [3.8, 4) is 5.75 Å². The minimum Gasteiger partial charge on any atom is -0.483 e. The number of halogens is 1. The van der Waals surface area contributed by atoms with Gasteiger partial charge in [-0.25, -0.2) is 0 Å². The molecule has 122 valence electrons. The van der Waals surface area contributed by atoms with Crippen LogP contribution in [-0.4, -0.2) is 42.5 Å². The predicted molar refractivity (Wildman–Crippen MR) is 87.2 cm³/mol. The Morgan fingerprint density at radius 2 is 1.95 bits per heavy atom. The lowest BCUT2D eigenvalue weighted by molar-refractivity contribution is -0.136. The normalized spacial score (nSPS) is 11.0. The van der Waals surface area contributed by atoms with Crippen LogP contribution in [0.2, 0.25) is 5.02 Å². The molecule has 0 atom stereocenters. The van der Waals surface area contributed by atoms with E-state index >= 15 is 0 Å². The molecule has 0 heterocycles. The highest BCUT2D eigenvalue weighted by atomic mass is 35.5. The first kappa shape index (κ1) is 18.3. The highest BCUT2D eigenvalue weighted by Crippen LogP contribution is 2.21. The standard InChI is InChI=1S/C16H23ClN2O3/c1-11-8-12(17)6-7-13(11)22-10-15(21)19(5)9-14(20)18-16(2,3)4/h6-8H,9-10H2,1-5H3,(H,18,20). The van der Waals surface area contributed by atoms with Gasteiger partial charge in [-0.1, -0.05) is 11.6 Å². The number of rotatable bonds is 5. The third kappa shape index (κ3) is 6.35. The molecular formula is C16H23ClN2O3. The van der Waals surface area contributed by atoms with Gasteiger partial charge in [0.05, 0.1) is 6.54 Å². The number of nitrogens with zero attached hydrogens (tertiary/aromatic N) is 1. The van der Waals surface area contributed by atoms with Crippen molar-refractivity contribution in [1.82, 2.24) is 10.2 Å². The Hall–Kier alpha value is -1.75. The Kier molecular flexibility index (Phi) is 6.23. The smallest absolute Gasteiger partial charge is 0.260 e. The summed E-state index contributed by atoms with van der Waals surface area (Å²) >= 11 is 5.86. The van der Waals surface area contributed by atoms with Gasteiger partial charge in [0, 0.05) is 17.6 Å². The summed E-state index contributed by atoms with van der Waals surface area (Å²) in [6.45, 7) is 7.39. The summed E-state index contributed by atoms with van der Waals surface area (Å²) in [4.78, 5) is 25.1. The molecule has 0 unspecified atom stereocenters. The number of carbonyl (C=O) groups is 2. The number of ether oxygens (including phenoxy) is 1. The molecule has 0 radical (unpaired) electrons. The molecule has 1 aromatic rings. The Balaban J connectivity index is 2.49. The van der Waals surface area contributed by atoms with Gasteiger partial charge in [0.15, 0.2) is 6.61 Å². The van der Waals surface area contributed by atoms with Crippen molar-refractivity contribution in [2.24, 2.45) is 0 Å². The number of benzene rings is 1. The second kappa shape index (κ2) is 7.49. The average Bonchev–Trinajstić information content (AvgIpc) is 2.34. The van der Waals surface area contributed by atoms with Gasteiger partial charge in [0.25, 0.3) is 5.91 Å². The van der Waals surface area contributed by atoms with Gasteiger partial charge < -0.3 is 15.0 Å². The maximum absolute atomic E-state index is 12.0. The van der Waals surface area contributed by atoms with Crippen LogP contribution in [0.1, 0.15) is 26.3 Å². The number of carbonyl (C=O) groups excluding carboxylic acids is 2. The van der Waals surface area contributed by atoms with Gasteiger partial charge in [0.1, 0.15) is 5.75 Å². The van der Waals surface area contributed by atoms with Crippen molar-refractivity contribution in [2.75, 3.05) is 20.2 Å². The maximum atomic E-state index is 12.0. The lowest BCUT2D eigenvalue weighted by Gasteiger charge is -2.23. The zero-order chi connectivity index (χ0) is 16.9. The first-order chi connectivity index (χ1) is 10.1. The van der Waals surface area contributed by atoms with E-state index in [1.807, 2.05) is 27.7 Å². The van der Waals surface area contributed by atoms with E-state index in [9.17, 15) is 9.59 Å². The molecule has 0 spiro atoms. The van der Waals surface area contributed by atoms with Gasteiger partial charge in [-0.3, -0.25) is 9.59 Å². The monoisotopic (exact) mass is 326 g/mol. The lowest BCUT2D eigenvalue weighted by Crippen LogP contribution is -2.47. The third-order valence-corrected chi connectivity index (χ3v) is 3.04. The minimum atomic E-state index is -0.322. The Bertz CT molecular complexity index is 553. The van der Waals surface area contributed by atoms with Crippen LogP contribution in [0, 0.1) is 6.92 Å². The van der Waals surface area contributed by atoms with Gasteiger partial charge >= 0.3 is 0 Å². The largest absolute Gasteiger partial charge is 0.483 e. The molecule has 2 amide bonds. The zero-order valence-electron chi connectivity index (χ0n) is 13.7. The van der Waals surface area contributed by atoms with Crippen molar-refractivity contribution in [1.29, 1.82) is 0 Å². The molecule has 0 saturated carbocycles. The molecule has 0 bridgehead atoms. The molecule has 22 heavy (non-hydrogen) atoms. The third-order valence-electron chi connectivity index (χ3n) is 2.81. The highest BCUT2D eigenvalue weighted by Gasteiger charge is 2.18. The Morgan fingerprint density at radius 3 is 2.50 bits per heavy atom. The van der Waals surface area contributed by atoms with E-state index in [0.29, 0.717) is 10.8 Å². The van der Waals surface area contributed by atoms with Crippen molar-refractivity contribution >= 4 is 23.4 Å². The van der Waals surface area contributed by atoms with E-state index in [1.165, 1.54) is 4.90 Å². The van der Waals surface area contributed by atoms with Crippen LogP contribution < -0.4 is 10.1 Å². The summed E-state index contributed by atoms with van der Waals surface area (Å²) in [5, 5.41) is 3.42. The molecule has 1 N–H and O–H groups in total. The SMILES string of the molecule is Cc1cc(Cl)ccc1OCC(=O)N(C)CC(=O)NC(C)(C)C. The number of amides is 2. The summed E-state index contributed by atoms with van der Waals surface area (Å²) in [5.41, 5.74) is 0.533. The molecule has 1 rings (SSSR count). The van der Waals surface area contributed by atoms with Crippen molar-refractivity contribution in [2.45, 2.75) is 33.2 Å². The zero-order valence-corrected chi connectivity index (χ0v) is 14.5. The number of nitrogens with one attached hydrogen (secondary N) is 1. The molecule has 0 aromatic heterocycles. The summed E-state index contributed by atoms with van der Waals surface area (Å²) < 4.78 is 5.48. The van der Waals surface area contributed by atoms with Crippen LogP contribution in [0.4, 0.5) is 0 Å². The van der Waals surface area contributed by atoms with Gasteiger partial charge in [-0.05, 0) is 51.5 Å². The first-order valence-electron chi connectivity index (χ1n) is 7.02. The fourth-order valence-electron chi connectivity index (χ4n) is 1.79. The number of likely N-dealkylation sites (N-methyl/N-ethyl adjacent to an activating group) is 1. The topological polar surface area (TPSA) is 58.6 Å². The molecule has 0 aliphatic heterocycles. The first-order valence-corrected chi connectivity index (χ1v) is 7.40. The van der Waals surface area contributed by atoms with Crippen LogP contribution in [-0.2, 0) is 9.59 Å². The average molecular weight is 327 g/mol. The summed E-state index contributed by atoms with van der Waals surface area (Å²) in [5.74, 6) is 0.134. The van der Waals surface area contributed by atoms with Gasteiger partial charge in [-0.15, -0.1) is 0 Å². The number of aryl methyl sites for hydroxylation is 1. The fraction of sp³-hybridized carbons (Fsp3) is 0.500. The van der Waals surface area contributed by atoms with E-state index in [-0.39, 0.29) is 30.5 Å². The van der Waals surface area contributed by atoms with Gasteiger partial charge in [0.2, 0.25) is 5.91 Å². The number of hydrogen-bond donors (Lipinski definition) is 1. The quantitative estimate of drug-likeness (QED) is 0.904. The van der Waals surface area contributed by atoms with E-state index in [4.69, 9.17) is 16.3 Å². The minimum absolute atomic E-state index is 0.000929. The highest BCUT2D eigenvalue weighted by molar-refractivity contribution is 6.30. The molecule has 0 saturated heterocycles. The predicted octanol–water partition coefficient (Wildman–Crippen LogP) is 2.40. The van der Waals surface area contributed by atoms with Gasteiger partial charge in [-0.2, -0.15) is 0 Å². The van der Waals surface area contributed by atoms with E-state index in [2.05, 4.69) is 5.32 Å². The van der Waals surface area contributed by atoms with E-state index in [1.54, 1.807) is 25.2 Å². The molecule has 5 nitrogen and oxygen atoms in total. The molecule has 0 aliphatic carbocycles. The molecular weight excluding hydrogens is 304 g/mol. The molecule has 0 fully saturated rings. The second-order valence-electron chi connectivity index (χ2n) is 6.25. The molecule has 0 aliphatic rings. The van der Waals surface area contributed by atoms with E-state index in [0.717, 1.165) is 5.56 Å². The van der Waals surface area contributed by atoms with Crippen molar-refractivity contribution in [3.63, 3.8) is 0 Å². The summed E-state index contributed by atoms with van der Waals surface area (Å²) in [6, 6.07) is 5.19. The molecule has 6 heteroatoms. The number of hydrogen-bond acceptors (Lipinski definition) is 3. The fourth-order valence-corrected chi connectivity index (χ4v) is 2.01. The van der Waals surface area contributed by atoms with Crippen LogP contribution in [0.15, 0.2) is 18.2 Å². The Labute approximate surface area is 136 Å². The maximum Gasteiger partial charge on any atom is 0.260 e. The van der Waals surface area contributed by atoms with Crippen LogP contribution in [0.3, 0.4) is 0 Å². The summed E-state index contributed by atoms with van der Waals surface area (Å²) in [7, 11) is 1.57. The van der Waals surface area contributed by atoms with Crippen LogP contribution >= 0.6 is 11.6 Å². The van der Waals surface area contributed by atoms with Crippen LogP contribution in [0.5, 0.6) is 5.75 Å². The van der Waals surface area contributed by atoms with Crippen molar-refractivity contribution < 1.29 is 14.3 Å². The Morgan fingerprint density at radius 1 is 1.32 bits per heavy atom. The second-order valence-corrected chi connectivity index (χ2v) is 6.68. The molecule has 1 aromatic carbocycles. The van der Waals surface area contributed by atoms with Crippen molar-refractivity contribution in [3.05, 3.63) is 28.8 Å². The summed E-state index contributed by atoms with van der Waals surface area (Å²) in [6.07, 6.45) is 0.